The molecule has 1 N–H and O–H groups in total. The second kappa shape index (κ2) is 9.80. The normalized spacial score (nSPS) is 11.5. The van der Waals surface area contributed by atoms with Gasteiger partial charge in [-0.2, -0.15) is 4.31 Å². The van der Waals surface area contributed by atoms with Gasteiger partial charge in [-0.1, -0.05) is 48.7 Å². The van der Waals surface area contributed by atoms with E-state index in [1.807, 2.05) is 0 Å². The fourth-order valence-electron chi connectivity index (χ4n) is 2.40. The number of nitrogens with one attached hydrogen (secondary N) is 1. The van der Waals surface area contributed by atoms with Crippen LogP contribution in [0.4, 0.5) is 5.69 Å². The van der Waals surface area contributed by atoms with Gasteiger partial charge in [-0.3, -0.25) is 4.79 Å². The van der Waals surface area contributed by atoms with Crippen LogP contribution in [0.2, 0.25) is 15.1 Å². The van der Waals surface area contributed by atoms with Gasteiger partial charge < -0.3 is 10.1 Å². The molecule has 28 heavy (non-hydrogen) atoms. The summed E-state index contributed by atoms with van der Waals surface area (Å²) >= 11 is 17.9. The Hall–Kier alpha value is -1.51. The maximum Gasteiger partial charge on any atom is 0.262 e. The van der Waals surface area contributed by atoms with Gasteiger partial charge in [-0.05, 0) is 36.4 Å². The molecule has 0 aliphatic rings. The van der Waals surface area contributed by atoms with Crippen molar-refractivity contribution in [1.29, 1.82) is 0 Å². The standard InChI is InChI=1S/C18H19Cl3N2O4S/c1-3-23(4-2)28(25,26)13-6-7-14(20)16(10-13)22-18(24)11-27-17-8-5-12(19)9-15(17)21/h5-10H,3-4,11H2,1-2H3,(H,22,24). The Kier molecular flexibility index (Phi) is 7.97. The van der Waals surface area contributed by atoms with Crippen molar-refractivity contribution in [2.24, 2.45) is 0 Å². The first-order valence-electron chi connectivity index (χ1n) is 8.36. The minimum atomic E-state index is -3.68. The van der Waals surface area contributed by atoms with Crippen LogP contribution in [0.1, 0.15) is 13.8 Å². The summed E-state index contributed by atoms with van der Waals surface area (Å²) in [5, 5.41) is 3.47. The maximum absolute atomic E-state index is 12.6. The fourth-order valence-corrected chi connectivity index (χ4v) is 4.51. The fraction of sp³-hybridized carbons (Fsp3) is 0.278. The number of carbonyl (C=O) groups excluding carboxylic acids is 1. The maximum atomic E-state index is 12.6. The Labute approximate surface area is 179 Å². The molecule has 10 heteroatoms. The molecule has 0 saturated heterocycles. The van der Waals surface area contributed by atoms with Gasteiger partial charge in [0.15, 0.2) is 6.61 Å². The van der Waals surface area contributed by atoms with Crippen molar-refractivity contribution < 1.29 is 17.9 Å². The Balaban J connectivity index is 2.14. The van der Waals surface area contributed by atoms with Crippen LogP contribution >= 0.6 is 34.8 Å². The molecule has 0 aliphatic carbocycles. The van der Waals surface area contributed by atoms with E-state index in [4.69, 9.17) is 39.5 Å². The Morgan fingerprint density at radius 3 is 2.32 bits per heavy atom. The quantitative estimate of drug-likeness (QED) is 0.613. The SMILES string of the molecule is CCN(CC)S(=O)(=O)c1ccc(Cl)c(NC(=O)COc2ccc(Cl)cc2Cl)c1. The number of amides is 1. The van der Waals surface area contributed by atoms with Crippen LogP contribution in [0.15, 0.2) is 41.3 Å². The van der Waals surface area contributed by atoms with E-state index in [0.29, 0.717) is 23.9 Å². The zero-order valence-corrected chi connectivity index (χ0v) is 18.3. The zero-order valence-electron chi connectivity index (χ0n) is 15.2. The third-order valence-electron chi connectivity index (χ3n) is 3.81. The summed E-state index contributed by atoms with van der Waals surface area (Å²) in [7, 11) is -3.68. The lowest BCUT2D eigenvalue weighted by Gasteiger charge is -2.19. The van der Waals surface area contributed by atoms with Crippen molar-refractivity contribution >= 4 is 56.4 Å². The molecule has 0 radical (unpaired) electrons. The number of sulfonamides is 1. The van der Waals surface area contributed by atoms with Crippen molar-refractivity contribution in [3.63, 3.8) is 0 Å². The summed E-state index contributed by atoms with van der Waals surface area (Å²) in [6, 6.07) is 8.76. The summed E-state index contributed by atoms with van der Waals surface area (Å²) in [5.74, 6) is -0.226. The minimum absolute atomic E-state index is 0.0394. The predicted octanol–water partition coefficient (Wildman–Crippen LogP) is 4.69. The lowest BCUT2D eigenvalue weighted by Crippen LogP contribution is -2.30. The first-order valence-corrected chi connectivity index (χ1v) is 10.9. The lowest BCUT2D eigenvalue weighted by molar-refractivity contribution is -0.118. The number of hydrogen-bond acceptors (Lipinski definition) is 4. The second-order valence-electron chi connectivity index (χ2n) is 5.64. The molecule has 1 amide bonds. The van der Waals surface area contributed by atoms with Crippen LogP contribution in [-0.4, -0.2) is 38.3 Å². The predicted molar refractivity (Wildman–Crippen MR) is 112 cm³/mol. The molecular formula is C18H19Cl3N2O4S. The zero-order chi connectivity index (χ0) is 20.9. The molecule has 0 atom stereocenters. The third kappa shape index (κ3) is 5.52. The topological polar surface area (TPSA) is 75.7 Å². The number of hydrogen-bond donors (Lipinski definition) is 1. The number of benzene rings is 2. The summed E-state index contributed by atoms with van der Waals surface area (Å²) < 4.78 is 32.0. The molecule has 0 spiro atoms. The molecular weight excluding hydrogens is 447 g/mol. The summed E-state index contributed by atoms with van der Waals surface area (Å²) in [6.45, 7) is 3.82. The van der Waals surface area contributed by atoms with Gasteiger partial charge in [0.2, 0.25) is 10.0 Å². The second-order valence-corrected chi connectivity index (χ2v) is 8.83. The molecule has 0 aromatic heterocycles. The van der Waals surface area contributed by atoms with Crippen LogP contribution in [0.5, 0.6) is 5.75 Å². The van der Waals surface area contributed by atoms with Gasteiger partial charge in [0.1, 0.15) is 5.75 Å². The average Bonchev–Trinajstić information content (AvgIpc) is 2.63. The van der Waals surface area contributed by atoms with Crippen molar-refractivity contribution in [2.45, 2.75) is 18.7 Å². The first-order chi connectivity index (χ1) is 13.2. The monoisotopic (exact) mass is 464 g/mol. The number of rotatable bonds is 8. The lowest BCUT2D eigenvalue weighted by atomic mass is 10.3. The van der Waals surface area contributed by atoms with Crippen molar-refractivity contribution in [3.8, 4) is 5.75 Å². The summed E-state index contributed by atoms with van der Waals surface area (Å²) in [5.41, 5.74) is 0.172. The van der Waals surface area contributed by atoms with Gasteiger partial charge in [-0.15, -0.1) is 0 Å². The number of carbonyl (C=O) groups is 1. The molecule has 0 bridgehead atoms. The molecule has 0 fully saturated rings. The Morgan fingerprint density at radius 1 is 1.04 bits per heavy atom. The van der Waals surface area contributed by atoms with Gasteiger partial charge in [0, 0.05) is 18.1 Å². The van der Waals surface area contributed by atoms with Crippen LogP contribution in [0.3, 0.4) is 0 Å². The van der Waals surface area contributed by atoms with Crippen LogP contribution in [-0.2, 0) is 14.8 Å². The molecule has 6 nitrogen and oxygen atoms in total. The van der Waals surface area contributed by atoms with E-state index < -0.39 is 15.9 Å². The van der Waals surface area contributed by atoms with E-state index in [0.717, 1.165) is 0 Å². The van der Waals surface area contributed by atoms with E-state index in [1.54, 1.807) is 26.0 Å². The molecule has 0 heterocycles. The van der Waals surface area contributed by atoms with Crippen molar-refractivity contribution in [3.05, 3.63) is 51.5 Å². The number of ether oxygens (including phenoxy) is 1. The highest BCUT2D eigenvalue weighted by Gasteiger charge is 2.23. The van der Waals surface area contributed by atoms with Crippen molar-refractivity contribution in [1.82, 2.24) is 4.31 Å². The summed E-state index contributed by atoms with van der Waals surface area (Å²) in [4.78, 5) is 12.2. The largest absolute Gasteiger partial charge is 0.482 e. The summed E-state index contributed by atoms with van der Waals surface area (Å²) in [6.07, 6.45) is 0. The number of halogens is 3. The smallest absolute Gasteiger partial charge is 0.262 e. The molecule has 2 rings (SSSR count). The molecule has 0 unspecified atom stereocenters. The van der Waals surface area contributed by atoms with E-state index in [-0.39, 0.29) is 27.2 Å². The molecule has 0 aliphatic heterocycles. The number of anilines is 1. The molecule has 152 valence electrons. The molecule has 0 saturated carbocycles. The first kappa shape index (κ1) is 22.8. The van der Waals surface area contributed by atoms with E-state index in [9.17, 15) is 13.2 Å². The van der Waals surface area contributed by atoms with Gasteiger partial charge in [-0.25, -0.2) is 8.42 Å². The van der Waals surface area contributed by atoms with Crippen LogP contribution in [0, 0.1) is 0 Å². The van der Waals surface area contributed by atoms with Crippen molar-refractivity contribution in [2.75, 3.05) is 25.0 Å². The van der Waals surface area contributed by atoms with Gasteiger partial charge in [0.25, 0.3) is 5.91 Å². The van der Waals surface area contributed by atoms with E-state index >= 15 is 0 Å². The Morgan fingerprint density at radius 2 is 1.71 bits per heavy atom. The minimum Gasteiger partial charge on any atom is -0.482 e. The highest BCUT2D eigenvalue weighted by molar-refractivity contribution is 7.89. The van der Waals surface area contributed by atoms with Crippen LogP contribution < -0.4 is 10.1 Å². The van der Waals surface area contributed by atoms with E-state index in [1.165, 1.54) is 28.6 Å². The highest BCUT2D eigenvalue weighted by Crippen LogP contribution is 2.29. The molecule has 2 aromatic rings. The number of nitrogens with zero attached hydrogens (tertiary/aromatic N) is 1. The average molecular weight is 466 g/mol. The van der Waals surface area contributed by atoms with Crippen LogP contribution in [0.25, 0.3) is 0 Å². The van der Waals surface area contributed by atoms with Gasteiger partial charge in [0.05, 0.1) is 20.6 Å². The van der Waals surface area contributed by atoms with E-state index in [2.05, 4.69) is 5.32 Å². The Bertz CT molecular complexity index is 963. The third-order valence-corrected chi connectivity index (χ3v) is 6.71. The van der Waals surface area contributed by atoms with Gasteiger partial charge >= 0.3 is 0 Å². The highest BCUT2D eigenvalue weighted by atomic mass is 35.5. The molecule has 2 aromatic carbocycles.